The third kappa shape index (κ3) is 22.5. The van der Waals surface area contributed by atoms with E-state index in [9.17, 15) is 35.4 Å². The van der Waals surface area contributed by atoms with Crippen molar-refractivity contribution < 1.29 is 44.9 Å². The maximum Gasteiger partial charge on any atom is 0.249 e. The predicted molar refractivity (Wildman–Crippen MR) is 246 cm³/mol. The lowest BCUT2D eigenvalue weighted by molar-refractivity contribution is -0.302. The van der Waals surface area contributed by atoms with Crippen LogP contribution in [0.25, 0.3) is 0 Å². The number of aliphatic hydroxyl groups excluding tert-OH is 6. The van der Waals surface area contributed by atoms with Gasteiger partial charge < -0.3 is 45.4 Å². The Morgan fingerprint density at radius 3 is 1.54 bits per heavy atom. The molecule has 0 saturated carbocycles. The molecular formula is C43H85NO9S4. The second-order valence-electron chi connectivity index (χ2n) is 16.0. The van der Waals surface area contributed by atoms with E-state index in [0.29, 0.717) is 23.3 Å². The van der Waals surface area contributed by atoms with Crippen molar-refractivity contribution in [2.24, 2.45) is 0 Å². The Hall–Kier alpha value is 0.550. The van der Waals surface area contributed by atoms with E-state index >= 15 is 0 Å². The normalized spacial score (nSPS) is 23.8. The SMILES string of the molecule is CCCCCCCCCCCCC[C@@H](O)C(=O)N[C@@H](CO[C@@H]1O[C@H](CO)[C@@H](O)[C@H](O)[C@H]1O)[C@H](O)C(SC)C(CCC(SC)C(CCCCCCCCC)SC)SC. The topological polar surface area (TPSA) is 169 Å². The van der Waals surface area contributed by atoms with Gasteiger partial charge in [-0.2, -0.15) is 47.0 Å². The Kier molecular flexibility index (Phi) is 34.2. The van der Waals surface area contributed by atoms with Crippen LogP contribution < -0.4 is 5.32 Å². The highest BCUT2D eigenvalue weighted by Gasteiger charge is 2.45. The number of unbranched alkanes of at least 4 members (excludes halogenated alkanes) is 16. The molecule has 7 N–H and O–H groups in total. The molecule has 0 aromatic carbocycles. The lowest BCUT2D eigenvalue weighted by Gasteiger charge is -2.40. The van der Waals surface area contributed by atoms with Gasteiger partial charge in [0.05, 0.1) is 25.4 Å². The van der Waals surface area contributed by atoms with Crippen molar-refractivity contribution in [2.45, 2.75) is 225 Å². The van der Waals surface area contributed by atoms with Crippen LogP contribution in [-0.2, 0) is 14.3 Å². The highest BCUT2D eigenvalue weighted by Crippen LogP contribution is 2.35. The van der Waals surface area contributed by atoms with Crippen LogP contribution >= 0.6 is 47.0 Å². The number of thioether (sulfide) groups is 4. The smallest absolute Gasteiger partial charge is 0.249 e. The van der Waals surface area contributed by atoms with Crippen molar-refractivity contribution in [1.82, 2.24) is 5.32 Å². The Morgan fingerprint density at radius 2 is 1.07 bits per heavy atom. The van der Waals surface area contributed by atoms with Gasteiger partial charge in [-0.1, -0.05) is 129 Å². The molecule has 0 radical (unpaired) electrons. The molecule has 12 atom stereocenters. The van der Waals surface area contributed by atoms with Crippen molar-refractivity contribution in [1.29, 1.82) is 0 Å². The molecule has 10 nitrogen and oxygen atoms in total. The number of hydrogen-bond acceptors (Lipinski definition) is 13. The zero-order valence-electron chi connectivity index (χ0n) is 36.4. The molecule has 0 aromatic heterocycles. The summed E-state index contributed by atoms with van der Waals surface area (Å²) in [5.41, 5.74) is 0. The number of rotatable bonds is 37. The average molecular weight is 888 g/mol. The maximum atomic E-state index is 13.4. The van der Waals surface area contributed by atoms with Crippen LogP contribution in [-0.4, -0.2) is 145 Å². The van der Waals surface area contributed by atoms with Crippen LogP contribution in [0.5, 0.6) is 0 Å². The zero-order valence-corrected chi connectivity index (χ0v) is 39.7. The minimum Gasteiger partial charge on any atom is -0.394 e. The van der Waals surface area contributed by atoms with E-state index in [0.717, 1.165) is 32.1 Å². The number of amides is 1. The summed E-state index contributed by atoms with van der Waals surface area (Å²) in [6, 6.07) is -0.975. The zero-order chi connectivity index (χ0) is 42.4. The first kappa shape index (κ1) is 55.6. The number of nitrogens with one attached hydrogen (secondary N) is 1. The molecule has 340 valence electrons. The van der Waals surface area contributed by atoms with Crippen LogP contribution in [0.4, 0.5) is 0 Å². The van der Waals surface area contributed by atoms with Gasteiger partial charge in [-0.05, 0) is 50.7 Å². The third-order valence-electron chi connectivity index (χ3n) is 11.5. The molecule has 4 unspecified atom stereocenters. The third-order valence-corrected chi connectivity index (χ3v) is 16.5. The molecule has 0 aliphatic carbocycles. The maximum absolute atomic E-state index is 13.4. The molecule has 0 spiro atoms. The van der Waals surface area contributed by atoms with Crippen molar-refractivity contribution in [2.75, 3.05) is 38.2 Å². The van der Waals surface area contributed by atoms with Crippen LogP contribution in [0.1, 0.15) is 155 Å². The summed E-state index contributed by atoms with van der Waals surface area (Å²) in [5.74, 6) is -0.597. The summed E-state index contributed by atoms with van der Waals surface area (Å²) < 4.78 is 11.5. The molecule has 0 aromatic rings. The molecule has 1 aliphatic rings. The van der Waals surface area contributed by atoms with Crippen molar-refractivity contribution in [3.63, 3.8) is 0 Å². The molecule has 14 heteroatoms. The summed E-state index contributed by atoms with van der Waals surface area (Å²) in [4.78, 5) is 13.4. The first-order chi connectivity index (χ1) is 27.5. The van der Waals surface area contributed by atoms with E-state index in [1.54, 1.807) is 11.8 Å². The summed E-state index contributed by atoms with van der Waals surface area (Å²) in [7, 11) is 0. The van der Waals surface area contributed by atoms with E-state index in [2.05, 4.69) is 37.9 Å². The van der Waals surface area contributed by atoms with Crippen molar-refractivity contribution in [3.05, 3.63) is 0 Å². The molecule has 1 rings (SSSR count). The van der Waals surface area contributed by atoms with Gasteiger partial charge in [0.25, 0.3) is 0 Å². The molecule has 1 fully saturated rings. The summed E-state index contributed by atoms with van der Waals surface area (Å²) in [5, 5.41) is 67.5. The lowest BCUT2D eigenvalue weighted by atomic mass is 9.98. The van der Waals surface area contributed by atoms with Crippen LogP contribution in [0.15, 0.2) is 0 Å². The van der Waals surface area contributed by atoms with Gasteiger partial charge in [0.15, 0.2) is 6.29 Å². The lowest BCUT2D eigenvalue weighted by Crippen LogP contribution is -2.60. The fourth-order valence-corrected chi connectivity index (χ4v) is 12.4. The number of carbonyl (C=O) groups excluding carboxylic acids is 1. The fraction of sp³-hybridized carbons (Fsp3) is 0.977. The van der Waals surface area contributed by atoms with E-state index in [-0.39, 0.29) is 17.1 Å². The van der Waals surface area contributed by atoms with Crippen LogP contribution in [0, 0.1) is 0 Å². The van der Waals surface area contributed by atoms with Gasteiger partial charge in [-0.15, -0.1) is 0 Å². The minimum absolute atomic E-state index is 0.0543. The Labute approximate surface area is 364 Å². The molecule has 1 amide bonds. The van der Waals surface area contributed by atoms with E-state index in [1.165, 1.54) is 108 Å². The summed E-state index contributed by atoms with van der Waals surface area (Å²) >= 11 is 7.10. The molecule has 0 bridgehead atoms. The quantitative estimate of drug-likeness (QED) is 0.0306. The average Bonchev–Trinajstić information content (AvgIpc) is 3.22. The largest absolute Gasteiger partial charge is 0.394 e. The fourth-order valence-electron chi connectivity index (χ4n) is 7.74. The van der Waals surface area contributed by atoms with Gasteiger partial charge in [-0.3, -0.25) is 4.79 Å². The highest BCUT2D eigenvalue weighted by molar-refractivity contribution is 8.03. The predicted octanol–water partition coefficient (Wildman–Crippen LogP) is 7.56. The molecule has 1 heterocycles. The monoisotopic (exact) mass is 888 g/mol. The second kappa shape index (κ2) is 35.1. The second-order valence-corrected chi connectivity index (χ2v) is 20.2. The molecule has 1 saturated heterocycles. The minimum atomic E-state index is -1.62. The van der Waals surface area contributed by atoms with Crippen LogP contribution in [0.3, 0.4) is 0 Å². The standard InChI is InChI=1S/C43H85NO9S4/c1-7-9-11-13-15-16-17-18-20-21-23-25-32(46)42(51)44-31(30-52-43-40(50)39(49)38(48)33(29-45)53-43)37(47)41(57-6)36(56-5)28-27-35(55-4)34(54-3)26-24-22-19-14-12-10-8-2/h31-41,43,45-50H,7-30H2,1-6H3,(H,44,51)/t31-,32+,33+,34?,35?,36?,37-,38+,39-,40+,41?,43+/m0/s1. The molecule has 57 heavy (non-hydrogen) atoms. The van der Waals surface area contributed by atoms with Gasteiger partial charge in [0, 0.05) is 21.0 Å². The van der Waals surface area contributed by atoms with Crippen molar-refractivity contribution >= 4 is 53.0 Å². The van der Waals surface area contributed by atoms with E-state index in [4.69, 9.17) is 9.47 Å². The number of ether oxygens (including phenoxy) is 2. The Balaban J connectivity index is 2.94. The van der Waals surface area contributed by atoms with Gasteiger partial charge in [0.1, 0.15) is 30.5 Å². The van der Waals surface area contributed by atoms with Crippen LogP contribution in [0.2, 0.25) is 0 Å². The van der Waals surface area contributed by atoms with Gasteiger partial charge >= 0.3 is 0 Å². The number of aliphatic hydroxyl groups is 6. The van der Waals surface area contributed by atoms with Gasteiger partial charge in [-0.25, -0.2) is 0 Å². The molecule has 1 aliphatic heterocycles. The molecular weight excluding hydrogens is 803 g/mol. The Bertz CT molecular complexity index is 960. The van der Waals surface area contributed by atoms with E-state index in [1.807, 2.05) is 29.8 Å². The van der Waals surface area contributed by atoms with Crippen molar-refractivity contribution in [3.8, 4) is 0 Å². The summed E-state index contributed by atoms with van der Waals surface area (Å²) in [6.07, 6.45) is 24.0. The first-order valence-electron chi connectivity index (χ1n) is 22.2. The summed E-state index contributed by atoms with van der Waals surface area (Å²) in [6.45, 7) is 3.59. The van der Waals surface area contributed by atoms with E-state index < -0.39 is 61.5 Å². The number of hydrogen-bond donors (Lipinski definition) is 7. The Morgan fingerprint density at radius 1 is 0.614 bits per heavy atom. The highest BCUT2D eigenvalue weighted by atomic mass is 32.2. The van der Waals surface area contributed by atoms with Gasteiger partial charge in [0.2, 0.25) is 5.91 Å². The number of carbonyl (C=O) groups is 1. The first-order valence-corrected chi connectivity index (χ1v) is 27.4.